The average molecular weight is 248 g/mol. The summed E-state index contributed by atoms with van der Waals surface area (Å²) in [5.74, 6) is 0.00940. The van der Waals surface area contributed by atoms with Crippen LogP contribution in [0.3, 0.4) is 0 Å². The molecule has 1 aliphatic rings. The second kappa shape index (κ2) is 5.03. The third-order valence-corrected chi connectivity index (χ3v) is 3.02. The first-order chi connectivity index (χ1) is 8.60. The number of amides is 2. The fourth-order valence-corrected chi connectivity index (χ4v) is 1.98. The van der Waals surface area contributed by atoms with Crippen LogP contribution < -0.4 is 11.1 Å². The first kappa shape index (κ1) is 12.3. The molecule has 2 rings (SSSR count). The normalized spacial score (nSPS) is 19.1. The van der Waals surface area contributed by atoms with Crippen LogP contribution in [0.15, 0.2) is 18.3 Å². The second-order valence-electron chi connectivity index (χ2n) is 4.29. The highest BCUT2D eigenvalue weighted by molar-refractivity contribution is 5.97. The Balaban J connectivity index is 1.97. The summed E-state index contributed by atoms with van der Waals surface area (Å²) in [7, 11) is 0. The molecule has 96 valence electrons. The van der Waals surface area contributed by atoms with Crippen molar-refractivity contribution < 1.29 is 9.59 Å². The molecule has 0 aliphatic carbocycles. The molecular formula is C12H16N4O2. The van der Waals surface area contributed by atoms with Crippen molar-refractivity contribution in [3.63, 3.8) is 0 Å². The third kappa shape index (κ3) is 2.58. The molecule has 1 aromatic rings. The zero-order valence-corrected chi connectivity index (χ0v) is 10.2. The number of likely N-dealkylation sites (tertiary alicyclic amines) is 1. The van der Waals surface area contributed by atoms with E-state index in [1.807, 2.05) is 6.92 Å². The Bertz CT molecular complexity index is 458. The number of hydrogen-bond donors (Lipinski definition) is 2. The lowest BCUT2D eigenvalue weighted by Crippen LogP contribution is -2.28. The van der Waals surface area contributed by atoms with Crippen molar-refractivity contribution in [1.29, 1.82) is 0 Å². The van der Waals surface area contributed by atoms with Gasteiger partial charge in [-0.25, -0.2) is 4.98 Å². The summed E-state index contributed by atoms with van der Waals surface area (Å²) in [6, 6.07) is 3.31. The predicted molar refractivity (Wildman–Crippen MR) is 67.6 cm³/mol. The number of hydrogen-bond acceptors (Lipinski definition) is 4. The molecule has 1 atom stereocenters. The molecule has 0 saturated carbocycles. The molecule has 6 heteroatoms. The molecule has 1 unspecified atom stereocenters. The van der Waals surface area contributed by atoms with Crippen LogP contribution in [0.1, 0.15) is 13.3 Å². The Kier molecular flexibility index (Phi) is 3.45. The van der Waals surface area contributed by atoms with Gasteiger partial charge in [0.2, 0.25) is 11.8 Å². The summed E-state index contributed by atoms with van der Waals surface area (Å²) in [6.45, 7) is 3.04. The van der Waals surface area contributed by atoms with Gasteiger partial charge in [0.1, 0.15) is 5.82 Å². The lowest BCUT2D eigenvalue weighted by molar-refractivity contribution is -0.128. The van der Waals surface area contributed by atoms with Gasteiger partial charge in [-0.15, -0.1) is 0 Å². The molecule has 0 radical (unpaired) electrons. The van der Waals surface area contributed by atoms with E-state index in [1.54, 1.807) is 17.0 Å². The van der Waals surface area contributed by atoms with Crippen molar-refractivity contribution in [3.05, 3.63) is 18.3 Å². The van der Waals surface area contributed by atoms with Crippen LogP contribution in [0.5, 0.6) is 0 Å². The van der Waals surface area contributed by atoms with E-state index in [0.717, 1.165) is 0 Å². The van der Waals surface area contributed by atoms with Gasteiger partial charge in [-0.1, -0.05) is 0 Å². The summed E-state index contributed by atoms with van der Waals surface area (Å²) in [5, 5.41) is 2.74. The van der Waals surface area contributed by atoms with Crippen LogP contribution in [-0.4, -0.2) is 34.8 Å². The van der Waals surface area contributed by atoms with Crippen molar-refractivity contribution in [3.8, 4) is 0 Å². The third-order valence-electron chi connectivity index (χ3n) is 3.02. The van der Waals surface area contributed by atoms with Gasteiger partial charge in [0.25, 0.3) is 0 Å². The van der Waals surface area contributed by atoms with Gasteiger partial charge in [0.15, 0.2) is 0 Å². The van der Waals surface area contributed by atoms with Gasteiger partial charge in [-0.2, -0.15) is 0 Å². The lowest BCUT2D eigenvalue weighted by atomic mass is 10.1. The topological polar surface area (TPSA) is 88.3 Å². The number of rotatable bonds is 3. The molecule has 0 aromatic carbocycles. The second-order valence-corrected chi connectivity index (χ2v) is 4.29. The van der Waals surface area contributed by atoms with Crippen molar-refractivity contribution in [2.24, 2.45) is 5.92 Å². The Morgan fingerprint density at radius 2 is 2.39 bits per heavy atom. The minimum Gasteiger partial charge on any atom is -0.384 e. The van der Waals surface area contributed by atoms with E-state index in [2.05, 4.69) is 10.3 Å². The lowest BCUT2D eigenvalue weighted by Gasteiger charge is -2.13. The van der Waals surface area contributed by atoms with Crippen molar-refractivity contribution in [2.45, 2.75) is 13.3 Å². The Morgan fingerprint density at radius 3 is 2.94 bits per heavy atom. The van der Waals surface area contributed by atoms with E-state index in [1.165, 1.54) is 6.20 Å². The zero-order chi connectivity index (χ0) is 13.1. The van der Waals surface area contributed by atoms with E-state index in [9.17, 15) is 9.59 Å². The number of aromatic nitrogens is 1. The molecule has 0 spiro atoms. The molecule has 1 aromatic heterocycles. The van der Waals surface area contributed by atoms with Gasteiger partial charge in [0.05, 0.1) is 17.8 Å². The highest BCUT2D eigenvalue weighted by Crippen LogP contribution is 2.19. The zero-order valence-electron chi connectivity index (χ0n) is 10.2. The predicted octanol–water partition coefficient (Wildman–Crippen LogP) is 0.471. The van der Waals surface area contributed by atoms with E-state index >= 15 is 0 Å². The standard InChI is InChI=1S/C12H16N4O2/c1-2-16-7-8(5-11(16)17)12(18)15-9-3-4-10(13)14-6-9/h3-4,6,8H,2,5,7H2,1H3,(H2,13,14)(H,15,18). The van der Waals surface area contributed by atoms with Gasteiger partial charge in [0, 0.05) is 19.5 Å². The molecule has 1 saturated heterocycles. The molecule has 0 bridgehead atoms. The van der Waals surface area contributed by atoms with Gasteiger partial charge < -0.3 is 16.0 Å². The maximum Gasteiger partial charge on any atom is 0.229 e. The highest BCUT2D eigenvalue weighted by atomic mass is 16.2. The van der Waals surface area contributed by atoms with Crippen LogP contribution in [0.4, 0.5) is 11.5 Å². The molecule has 1 aliphatic heterocycles. The number of nitrogens with zero attached hydrogens (tertiary/aromatic N) is 2. The summed E-state index contributed by atoms with van der Waals surface area (Å²) < 4.78 is 0. The molecule has 2 amide bonds. The fourth-order valence-electron chi connectivity index (χ4n) is 1.98. The van der Waals surface area contributed by atoms with E-state index < -0.39 is 0 Å². The maximum atomic E-state index is 12.0. The molecule has 18 heavy (non-hydrogen) atoms. The number of anilines is 2. The number of pyridine rings is 1. The van der Waals surface area contributed by atoms with Crippen LogP contribution >= 0.6 is 0 Å². The average Bonchev–Trinajstić information content (AvgIpc) is 2.73. The minimum atomic E-state index is -0.282. The van der Waals surface area contributed by atoms with E-state index in [0.29, 0.717) is 24.6 Å². The molecule has 2 heterocycles. The fraction of sp³-hybridized carbons (Fsp3) is 0.417. The summed E-state index contributed by atoms with van der Waals surface area (Å²) in [4.78, 5) is 29.1. The van der Waals surface area contributed by atoms with Gasteiger partial charge in [-0.05, 0) is 19.1 Å². The largest absolute Gasteiger partial charge is 0.384 e. The molecule has 1 fully saturated rings. The van der Waals surface area contributed by atoms with E-state index in [-0.39, 0.29) is 24.2 Å². The van der Waals surface area contributed by atoms with Crippen LogP contribution in [0.25, 0.3) is 0 Å². The Labute approximate surface area is 105 Å². The Morgan fingerprint density at radius 1 is 1.61 bits per heavy atom. The number of nitrogens with one attached hydrogen (secondary N) is 1. The van der Waals surface area contributed by atoms with Crippen molar-refractivity contribution in [2.75, 3.05) is 24.1 Å². The van der Waals surface area contributed by atoms with Crippen molar-refractivity contribution in [1.82, 2.24) is 9.88 Å². The SMILES string of the molecule is CCN1CC(C(=O)Nc2ccc(N)nc2)CC1=O. The highest BCUT2D eigenvalue weighted by Gasteiger charge is 2.33. The Hall–Kier alpha value is -2.11. The maximum absolute atomic E-state index is 12.0. The molecule has 6 nitrogen and oxygen atoms in total. The summed E-state index contributed by atoms with van der Waals surface area (Å²) in [6.07, 6.45) is 1.78. The quantitative estimate of drug-likeness (QED) is 0.814. The number of nitrogens with two attached hydrogens (primary N) is 1. The van der Waals surface area contributed by atoms with Crippen molar-refractivity contribution >= 4 is 23.3 Å². The molecular weight excluding hydrogens is 232 g/mol. The van der Waals surface area contributed by atoms with Gasteiger partial charge in [-0.3, -0.25) is 9.59 Å². The first-order valence-corrected chi connectivity index (χ1v) is 5.90. The van der Waals surface area contributed by atoms with Crippen LogP contribution in [0.2, 0.25) is 0 Å². The van der Waals surface area contributed by atoms with Gasteiger partial charge >= 0.3 is 0 Å². The minimum absolute atomic E-state index is 0.0353. The van der Waals surface area contributed by atoms with Crippen LogP contribution in [-0.2, 0) is 9.59 Å². The number of carbonyl (C=O) groups excluding carboxylic acids is 2. The summed E-state index contributed by atoms with van der Waals surface area (Å²) >= 11 is 0. The summed E-state index contributed by atoms with van der Waals surface area (Å²) in [5.41, 5.74) is 6.05. The number of nitrogen functional groups attached to an aromatic ring is 1. The first-order valence-electron chi connectivity index (χ1n) is 5.90. The monoisotopic (exact) mass is 248 g/mol. The smallest absolute Gasteiger partial charge is 0.229 e. The number of carbonyl (C=O) groups is 2. The molecule has 3 N–H and O–H groups in total. The van der Waals surface area contributed by atoms with Crippen LogP contribution in [0, 0.1) is 5.92 Å². The van der Waals surface area contributed by atoms with E-state index in [4.69, 9.17) is 5.73 Å².